The zero-order valence-electron chi connectivity index (χ0n) is 9.82. The molecule has 0 unspecified atom stereocenters. The molecule has 1 aromatic carbocycles. The standard InChI is InChI=1S/C12H19INO2/c1-14(2,7-9-15)8-10-16-12-6-4-3-5-11(12)13/h3-6,15H,7-10H2,1-2H3/q+1. The molecule has 0 fully saturated rings. The van der Waals surface area contributed by atoms with E-state index < -0.39 is 0 Å². The fraction of sp³-hybridized carbons (Fsp3) is 0.500. The van der Waals surface area contributed by atoms with Crippen molar-refractivity contribution in [1.82, 2.24) is 0 Å². The Balaban J connectivity index is 2.39. The van der Waals surface area contributed by atoms with Crippen LogP contribution in [0.4, 0.5) is 0 Å². The minimum atomic E-state index is 0.218. The topological polar surface area (TPSA) is 29.5 Å². The molecular weight excluding hydrogens is 317 g/mol. The third-order valence-electron chi connectivity index (χ3n) is 2.50. The van der Waals surface area contributed by atoms with Crippen LogP contribution in [0.3, 0.4) is 0 Å². The lowest BCUT2D eigenvalue weighted by Crippen LogP contribution is -2.44. The maximum Gasteiger partial charge on any atom is 0.137 e. The molecule has 3 nitrogen and oxygen atoms in total. The molecule has 0 amide bonds. The quantitative estimate of drug-likeness (QED) is 0.633. The maximum absolute atomic E-state index is 8.90. The molecule has 0 aliphatic carbocycles. The number of hydrogen-bond acceptors (Lipinski definition) is 2. The van der Waals surface area contributed by atoms with Gasteiger partial charge in [-0.25, -0.2) is 0 Å². The molecule has 0 radical (unpaired) electrons. The van der Waals surface area contributed by atoms with E-state index in [1.54, 1.807) is 0 Å². The van der Waals surface area contributed by atoms with Crippen molar-refractivity contribution in [3.63, 3.8) is 0 Å². The normalized spacial score (nSPS) is 11.5. The number of benzene rings is 1. The zero-order valence-corrected chi connectivity index (χ0v) is 12.0. The summed E-state index contributed by atoms with van der Waals surface area (Å²) in [6.45, 7) is 2.55. The number of ether oxygens (including phenoxy) is 1. The van der Waals surface area contributed by atoms with Gasteiger partial charge >= 0.3 is 0 Å². The number of aliphatic hydroxyl groups excluding tert-OH is 1. The molecule has 16 heavy (non-hydrogen) atoms. The summed E-state index contributed by atoms with van der Waals surface area (Å²) >= 11 is 2.27. The summed E-state index contributed by atoms with van der Waals surface area (Å²) in [6.07, 6.45) is 0. The first kappa shape index (κ1) is 13.7. The summed E-state index contributed by atoms with van der Waals surface area (Å²) in [7, 11) is 4.19. The number of aliphatic hydroxyl groups is 1. The maximum atomic E-state index is 8.90. The molecule has 4 heteroatoms. The van der Waals surface area contributed by atoms with E-state index in [2.05, 4.69) is 36.7 Å². The molecule has 0 aromatic heterocycles. The van der Waals surface area contributed by atoms with Gasteiger partial charge in [-0.2, -0.15) is 0 Å². The van der Waals surface area contributed by atoms with Gasteiger partial charge in [0.1, 0.15) is 25.4 Å². The van der Waals surface area contributed by atoms with E-state index in [-0.39, 0.29) is 6.61 Å². The smallest absolute Gasteiger partial charge is 0.137 e. The van der Waals surface area contributed by atoms with E-state index in [4.69, 9.17) is 9.84 Å². The Morgan fingerprint density at radius 2 is 1.94 bits per heavy atom. The molecule has 0 spiro atoms. The highest BCUT2D eigenvalue weighted by Gasteiger charge is 2.13. The second-order valence-electron chi connectivity index (χ2n) is 4.39. The minimum absolute atomic E-state index is 0.218. The first-order valence-electron chi connectivity index (χ1n) is 5.35. The Morgan fingerprint density at radius 3 is 2.56 bits per heavy atom. The van der Waals surface area contributed by atoms with Crippen molar-refractivity contribution in [3.8, 4) is 5.75 Å². The third kappa shape index (κ3) is 4.67. The van der Waals surface area contributed by atoms with E-state index in [0.29, 0.717) is 6.61 Å². The highest BCUT2D eigenvalue weighted by atomic mass is 127. The number of hydrogen-bond donors (Lipinski definition) is 1. The molecule has 0 atom stereocenters. The summed E-state index contributed by atoms with van der Waals surface area (Å²) in [5.74, 6) is 0.937. The number of halogens is 1. The summed E-state index contributed by atoms with van der Waals surface area (Å²) in [6, 6.07) is 7.99. The van der Waals surface area contributed by atoms with Crippen LogP contribution in [0.1, 0.15) is 0 Å². The fourth-order valence-corrected chi connectivity index (χ4v) is 1.89. The van der Waals surface area contributed by atoms with E-state index in [9.17, 15) is 0 Å². The number of quaternary nitrogens is 1. The van der Waals surface area contributed by atoms with Gasteiger partial charge in [-0.1, -0.05) is 12.1 Å². The van der Waals surface area contributed by atoms with Crippen molar-refractivity contribution in [1.29, 1.82) is 0 Å². The molecule has 0 saturated carbocycles. The molecule has 1 rings (SSSR count). The number of para-hydroxylation sites is 1. The van der Waals surface area contributed by atoms with Crippen LogP contribution in [-0.4, -0.2) is 50.0 Å². The summed E-state index contributed by atoms with van der Waals surface area (Å²) in [5.41, 5.74) is 0. The van der Waals surface area contributed by atoms with Crippen molar-refractivity contribution in [2.75, 3.05) is 40.4 Å². The van der Waals surface area contributed by atoms with E-state index in [1.807, 2.05) is 24.3 Å². The van der Waals surface area contributed by atoms with E-state index in [0.717, 1.165) is 26.9 Å². The minimum Gasteiger partial charge on any atom is -0.487 e. The number of rotatable bonds is 6. The summed E-state index contributed by atoms with van der Waals surface area (Å²) in [4.78, 5) is 0. The lowest BCUT2D eigenvalue weighted by Gasteiger charge is -2.28. The van der Waals surface area contributed by atoms with Crippen molar-refractivity contribution in [2.45, 2.75) is 0 Å². The zero-order chi connectivity index (χ0) is 12.0. The monoisotopic (exact) mass is 336 g/mol. The Labute approximate surface area is 111 Å². The van der Waals surface area contributed by atoms with Gasteiger partial charge in [-0.15, -0.1) is 0 Å². The van der Waals surface area contributed by atoms with Gasteiger partial charge in [0.2, 0.25) is 0 Å². The molecular formula is C12H19INO2+. The SMILES string of the molecule is C[N+](C)(CCO)CCOc1ccccc1I. The molecule has 0 saturated heterocycles. The Hall–Kier alpha value is -0.330. The number of nitrogens with zero attached hydrogens (tertiary/aromatic N) is 1. The van der Waals surface area contributed by atoms with Gasteiger partial charge in [-0.05, 0) is 34.7 Å². The van der Waals surface area contributed by atoms with Crippen LogP contribution in [0, 0.1) is 3.57 Å². The Kier molecular flexibility index (Phi) is 5.51. The van der Waals surface area contributed by atoms with Crippen LogP contribution >= 0.6 is 22.6 Å². The van der Waals surface area contributed by atoms with Gasteiger partial charge in [0.15, 0.2) is 0 Å². The molecule has 1 N–H and O–H groups in total. The van der Waals surface area contributed by atoms with Crippen molar-refractivity contribution < 1.29 is 14.3 Å². The predicted molar refractivity (Wildman–Crippen MR) is 73.6 cm³/mol. The molecule has 0 aliphatic rings. The van der Waals surface area contributed by atoms with Gasteiger partial charge in [0.25, 0.3) is 0 Å². The van der Waals surface area contributed by atoms with Gasteiger partial charge in [0, 0.05) is 0 Å². The fourth-order valence-electron chi connectivity index (χ4n) is 1.35. The van der Waals surface area contributed by atoms with Crippen molar-refractivity contribution in [3.05, 3.63) is 27.8 Å². The van der Waals surface area contributed by atoms with Crippen LogP contribution in [-0.2, 0) is 0 Å². The van der Waals surface area contributed by atoms with Crippen LogP contribution in [0.2, 0.25) is 0 Å². The largest absolute Gasteiger partial charge is 0.487 e. The second-order valence-corrected chi connectivity index (χ2v) is 5.55. The average Bonchev–Trinajstić information content (AvgIpc) is 2.20. The van der Waals surface area contributed by atoms with Crippen LogP contribution in [0.15, 0.2) is 24.3 Å². The second kappa shape index (κ2) is 6.42. The van der Waals surface area contributed by atoms with Gasteiger partial charge < -0.3 is 14.3 Å². The van der Waals surface area contributed by atoms with Crippen LogP contribution < -0.4 is 4.74 Å². The Morgan fingerprint density at radius 1 is 1.25 bits per heavy atom. The third-order valence-corrected chi connectivity index (χ3v) is 3.39. The predicted octanol–water partition coefficient (Wildman–Crippen LogP) is 1.74. The first-order valence-corrected chi connectivity index (χ1v) is 6.43. The summed E-state index contributed by atoms with van der Waals surface area (Å²) in [5, 5.41) is 8.90. The van der Waals surface area contributed by atoms with Crippen molar-refractivity contribution in [2.24, 2.45) is 0 Å². The van der Waals surface area contributed by atoms with Crippen LogP contribution in [0.25, 0.3) is 0 Å². The molecule has 0 aliphatic heterocycles. The van der Waals surface area contributed by atoms with E-state index in [1.165, 1.54) is 0 Å². The van der Waals surface area contributed by atoms with Crippen LogP contribution in [0.5, 0.6) is 5.75 Å². The average molecular weight is 336 g/mol. The summed E-state index contributed by atoms with van der Waals surface area (Å²) < 4.78 is 7.62. The van der Waals surface area contributed by atoms with E-state index >= 15 is 0 Å². The highest BCUT2D eigenvalue weighted by molar-refractivity contribution is 14.1. The Bertz CT molecular complexity index is 329. The number of likely N-dealkylation sites (N-methyl/N-ethyl adjacent to an activating group) is 1. The highest BCUT2D eigenvalue weighted by Crippen LogP contribution is 2.19. The molecule has 0 bridgehead atoms. The lowest BCUT2D eigenvalue weighted by molar-refractivity contribution is -0.890. The molecule has 0 heterocycles. The van der Waals surface area contributed by atoms with Gasteiger partial charge in [-0.3, -0.25) is 0 Å². The first-order chi connectivity index (χ1) is 7.55. The van der Waals surface area contributed by atoms with Crippen molar-refractivity contribution >= 4 is 22.6 Å². The lowest BCUT2D eigenvalue weighted by atomic mass is 10.3. The van der Waals surface area contributed by atoms with Gasteiger partial charge in [0.05, 0.1) is 24.3 Å². The molecule has 1 aromatic rings. The molecule has 90 valence electrons.